The van der Waals surface area contributed by atoms with Gasteiger partial charge in [0, 0.05) is 12.2 Å². The minimum atomic E-state index is 0.359. The maximum atomic E-state index is 4.38. The van der Waals surface area contributed by atoms with Gasteiger partial charge in [-0.2, -0.15) is 0 Å². The van der Waals surface area contributed by atoms with Crippen LogP contribution < -0.4 is 5.32 Å². The molecule has 0 saturated carbocycles. The third kappa shape index (κ3) is 4.07. The summed E-state index contributed by atoms with van der Waals surface area (Å²) in [5.74, 6) is 0.907. The normalized spacial score (nSPS) is 19.9. The van der Waals surface area contributed by atoms with E-state index in [1.54, 1.807) is 0 Å². The Kier molecular flexibility index (Phi) is 5.14. The molecule has 2 rings (SSSR count). The maximum Gasteiger partial charge on any atom is 0.0570 e. The van der Waals surface area contributed by atoms with E-state index >= 15 is 0 Å². The van der Waals surface area contributed by atoms with Gasteiger partial charge in [-0.15, -0.1) is 0 Å². The molecule has 1 aliphatic rings. The van der Waals surface area contributed by atoms with Crippen molar-refractivity contribution in [1.29, 1.82) is 0 Å². The first-order valence-corrected chi connectivity index (χ1v) is 7.08. The fourth-order valence-corrected chi connectivity index (χ4v) is 2.59. The average molecular weight is 247 g/mol. The molecule has 0 radical (unpaired) electrons. The van der Waals surface area contributed by atoms with Crippen molar-refractivity contribution in [2.24, 2.45) is 5.92 Å². The molecule has 100 valence electrons. The third-order valence-electron chi connectivity index (χ3n) is 3.97. The van der Waals surface area contributed by atoms with Crippen molar-refractivity contribution in [2.75, 3.05) is 26.7 Å². The first-order chi connectivity index (χ1) is 8.75. The second kappa shape index (κ2) is 6.86. The number of nitrogens with one attached hydrogen (secondary N) is 1. The standard InChI is InChI=1S/C15H25N3/c1-13(15-5-3-4-9-17-15)16-10-6-14-7-11-18(2)12-8-14/h3-5,9,13-14,16H,6-8,10-12H2,1-2H3. The molecule has 2 heterocycles. The van der Waals surface area contributed by atoms with Gasteiger partial charge in [0.05, 0.1) is 5.69 Å². The molecule has 1 fully saturated rings. The van der Waals surface area contributed by atoms with Gasteiger partial charge in [-0.3, -0.25) is 4.98 Å². The van der Waals surface area contributed by atoms with E-state index in [0.29, 0.717) is 6.04 Å². The number of hydrogen-bond donors (Lipinski definition) is 1. The second-order valence-corrected chi connectivity index (χ2v) is 5.47. The summed E-state index contributed by atoms with van der Waals surface area (Å²) in [6, 6.07) is 6.47. The molecule has 1 aliphatic heterocycles. The van der Waals surface area contributed by atoms with Gasteiger partial charge in [0.25, 0.3) is 0 Å². The number of nitrogens with zero attached hydrogens (tertiary/aromatic N) is 2. The molecule has 1 aromatic heterocycles. The largest absolute Gasteiger partial charge is 0.309 e. The number of pyridine rings is 1. The highest BCUT2D eigenvalue weighted by molar-refractivity contribution is 5.07. The molecule has 18 heavy (non-hydrogen) atoms. The lowest BCUT2D eigenvalue weighted by Crippen LogP contribution is -2.32. The Morgan fingerprint density at radius 3 is 2.83 bits per heavy atom. The minimum absolute atomic E-state index is 0.359. The van der Waals surface area contributed by atoms with Gasteiger partial charge in [-0.05, 0) is 70.9 Å². The molecule has 0 aliphatic carbocycles. The molecule has 0 aromatic carbocycles. The van der Waals surface area contributed by atoms with Crippen molar-refractivity contribution in [3.63, 3.8) is 0 Å². The van der Waals surface area contributed by atoms with Crippen LogP contribution in [0, 0.1) is 5.92 Å². The quantitative estimate of drug-likeness (QED) is 0.866. The molecule has 0 bridgehead atoms. The fourth-order valence-electron chi connectivity index (χ4n) is 2.59. The number of hydrogen-bond acceptors (Lipinski definition) is 3. The van der Waals surface area contributed by atoms with Crippen molar-refractivity contribution < 1.29 is 0 Å². The van der Waals surface area contributed by atoms with E-state index in [9.17, 15) is 0 Å². The Morgan fingerprint density at radius 2 is 2.17 bits per heavy atom. The summed E-state index contributed by atoms with van der Waals surface area (Å²) in [5, 5.41) is 3.58. The monoisotopic (exact) mass is 247 g/mol. The van der Waals surface area contributed by atoms with Gasteiger partial charge in [-0.1, -0.05) is 6.07 Å². The number of rotatable bonds is 5. The Hall–Kier alpha value is -0.930. The van der Waals surface area contributed by atoms with Crippen molar-refractivity contribution in [3.8, 4) is 0 Å². The number of piperidine rings is 1. The molecule has 1 saturated heterocycles. The van der Waals surface area contributed by atoms with Crippen molar-refractivity contribution >= 4 is 0 Å². The van der Waals surface area contributed by atoms with Crippen LogP contribution in [0.1, 0.15) is 37.9 Å². The zero-order valence-corrected chi connectivity index (χ0v) is 11.6. The molecule has 1 atom stereocenters. The molecule has 0 amide bonds. The van der Waals surface area contributed by atoms with Gasteiger partial charge < -0.3 is 10.2 Å². The molecule has 3 heteroatoms. The van der Waals surface area contributed by atoms with Crippen LogP contribution in [0.15, 0.2) is 24.4 Å². The van der Waals surface area contributed by atoms with Gasteiger partial charge in [0.15, 0.2) is 0 Å². The summed E-state index contributed by atoms with van der Waals surface area (Å²) < 4.78 is 0. The highest BCUT2D eigenvalue weighted by Crippen LogP contribution is 2.19. The molecule has 1 N–H and O–H groups in total. The minimum Gasteiger partial charge on any atom is -0.309 e. The Morgan fingerprint density at radius 1 is 1.39 bits per heavy atom. The smallest absolute Gasteiger partial charge is 0.0570 e. The predicted octanol–water partition coefficient (Wildman–Crippen LogP) is 2.46. The molecular formula is C15H25N3. The van der Waals surface area contributed by atoms with Gasteiger partial charge in [-0.25, -0.2) is 0 Å². The van der Waals surface area contributed by atoms with E-state index in [-0.39, 0.29) is 0 Å². The molecule has 0 spiro atoms. The van der Waals surface area contributed by atoms with Crippen LogP contribution in [0.2, 0.25) is 0 Å². The van der Waals surface area contributed by atoms with Crippen LogP contribution in [-0.2, 0) is 0 Å². The average Bonchev–Trinajstić information content (AvgIpc) is 2.42. The summed E-state index contributed by atoms with van der Waals surface area (Å²) in [6.45, 7) is 5.82. The summed E-state index contributed by atoms with van der Waals surface area (Å²) in [7, 11) is 2.22. The lowest BCUT2D eigenvalue weighted by Gasteiger charge is -2.29. The summed E-state index contributed by atoms with van der Waals surface area (Å²) >= 11 is 0. The van der Waals surface area contributed by atoms with E-state index in [1.165, 1.54) is 32.4 Å². The zero-order valence-electron chi connectivity index (χ0n) is 11.6. The second-order valence-electron chi connectivity index (χ2n) is 5.47. The topological polar surface area (TPSA) is 28.2 Å². The van der Waals surface area contributed by atoms with Crippen LogP contribution in [-0.4, -0.2) is 36.6 Å². The Bertz CT molecular complexity index is 331. The number of aromatic nitrogens is 1. The van der Waals surface area contributed by atoms with Gasteiger partial charge >= 0.3 is 0 Å². The van der Waals surface area contributed by atoms with Crippen LogP contribution in [0.3, 0.4) is 0 Å². The Labute approximate surface area is 111 Å². The van der Waals surface area contributed by atoms with Crippen LogP contribution in [0.4, 0.5) is 0 Å². The zero-order chi connectivity index (χ0) is 12.8. The molecule has 1 unspecified atom stereocenters. The summed E-state index contributed by atoms with van der Waals surface area (Å²) in [4.78, 5) is 6.82. The predicted molar refractivity (Wildman–Crippen MR) is 75.5 cm³/mol. The van der Waals surface area contributed by atoms with Crippen LogP contribution in [0.5, 0.6) is 0 Å². The highest BCUT2D eigenvalue weighted by atomic mass is 15.1. The first kappa shape index (κ1) is 13.5. The van der Waals surface area contributed by atoms with E-state index in [0.717, 1.165) is 18.2 Å². The molecule has 3 nitrogen and oxygen atoms in total. The van der Waals surface area contributed by atoms with E-state index in [2.05, 4.69) is 41.3 Å². The first-order valence-electron chi connectivity index (χ1n) is 7.08. The van der Waals surface area contributed by atoms with Crippen molar-refractivity contribution in [3.05, 3.63) is 30.1 Å². The van der Waals surface area contributed by atoms with Gasteiger partial charge in [0.2, 0.25) is 0 Å². The summed E-state index contributed by atoms with van der Waals surface area (Å²) in [6.07, 6.45) is 5.88. The lowest BCUT2D eigenvalue weighted by atomic mass is 9.94. The van der Waals surface area contributed by atoms with E-state index in [4.69, 9.17) is 0 Å². The summed E-state index contributed by atoms with van der Waals surface area (Å²) in [5.41, 5.74) is 1.14. The molecular weight excluding hydrogens is 222 g/mol. The van der Waals surface area contributed by atoms with Crippen molar-refractivity contribution in [1.82, 2.24) is 15.2 Å². The lowest BCUT2D eigenvalue weighted by molar-refractivity contribution is 0.210. The SMILES string of the molecule is CC(NCCC1CCN(C)CC1)c1ccccn1. The number of likely N-dealkylation sites (tertiary alicyclic amines) is 1. The van der Waals surface area contributed by atoms with Crippen LogP contribution in [0.25, 0.3) is 0 Å². The molecule has 1 aromatic rings. The van der Waals surface area contributed by atoms with E-state index in [1.807, 2.05) is 12.3 Å². The highest BCUT2D eigenvalue weighted by Gasteiger charge is 2.16. The third-order valence-corrected chi connectivity index (χ3v) is 3.97. The van der Waals surface area contributed by atoms with Crippen molar-refractivity contribution in [2.45, 2.75) is 32.2 Å². The van der Waals surface area contributed by atoms with E-state index < -0.39 is 0 Å². The van der Waals surface area contributed by atoms with Gasteiger partial charge in [0.1, 0.15) is 0 Å². The fraction of sp³-hybridized carbons (Fsp3) is 0.667. The Balaban J connectivity index is 1.66. The maximum absolute atomic E-state index is 4.38. The van der Waals surface area contributed by atoms with Crippen LogP contribution >= 0.6 is 0 Å².